The Morgan fingerprint density at radius 3 is 3.00 bits per heavy atom. The summed E-state index contributed by atoms with van der Waals surface area (Å²) in [4.78, 5) is 8.71. The smallest absolute Gasteiger partial charge is 0.146 e. The fourth-order valence-corrected chi connectivity index (χ4v) is 3.90. The fraction of sp³-hybridized carbons (Fsp3) is 0.300. The lowest BCUT2D eigenvalue weighted by Gasteiger charge is -2.24. The number of para-hydroxylation sites is 1. The molecular weight excluding hydrogens is 326 g/mol. The number of nitrogen functional groups attached to an aromatic ring is 1. The number of aromatic nitrogens is 3. The van der Waals surface area contributed by atoms with Crippen LogP contribution in [0.1, 0.15) is 19.3 Å². The van der Waals surface area contributed by atoms with Gasteiger partial charge in [0.15, 0.2) is 0 Å². The van der Waals surface area contributed by atoms with Crippen molar-refractivity contribution >= 4 is 27.8 Å². The Morgan fingerprint density at radius 2 is 2.15 bits per heavy atom. The minimum absolute atomic E-state index is 0.457. The number of fused-ring (bicyclic) bond motifs is 2. The van der Waals surface area contributed by atoms with Crippen LogP contribution in [0.25, 0.3) is 33.3 Å². The third kappa shape index (κ3) is 2.54. The molecule has 0 saturated carbocycles. The first kappa shape index (κ1) is 15.4. The highest BCUT2D eigenvalue weighted by molar-refractivity contribution is 6.01. The van der Waals surface area contributed by atoms with Gasteiger partial charge in [0.1, 0.15) is 29.1 Å². The lowest BCUT2D eigenvalue weighted by atomic mass is 10.1. The molecule has 0 unspecified atom stereocenters. The van der Waals surface area contributed by atoms with E-state index in [1.807, 2.05) is 24.3 Å². The molecule has 1 atom stereocenters. The summed E-state index contributed by atoms with van der Waals surface area (Å²) in [6, 6.07) is 10.5. The standard InChI is InChI=1S/C20H21N5O/c21-19-18-15(17-9-13-5-1-2-7-16(13)26-17)11-25(20(18)24-12-23-19)10-14-6-3-4-8-22-14/h1-2,5,7,9,11-12,14,22H,3-4,6,8,10H2,(H2,21,23,24)/t14-/m0/s1. The van der Waals surface area contributed by atoms with E-state index in [0.29, 0.717) is 11.9 Å². The van der Waals surface area contributed by atoms with Crippen molar-refractivity contribution in [2.45, 2.75) is 31.8 Å². The molecule has 3 aromatic heterocycles. The van der Waals surface area contributed by atoms with Gasteiger partial charge in [-0.1, -0.05) is 24.6 Å². The fourth-order valence-electron chi connectivity index (χ4n) is 3.90. The van der Waals surface area contributed by atoms with Crippen molar-refractivity contribution < 1.29 is 4.42 Å². The molecule has 6 nitrogen and oxygen atoms in total. The quantitative estimate of drug-likeness (QED) is 0.592. The number of nitrogens with one attached hydrogen (secondary N) is 1. The summed E-state index contributed by atoms with van der Waals surface area (Å²) in [6.07, 6.45) is 7.33. The zero-order chi connectivity index (χ0) is 17.5. The van der Waals surface area contributed by atoms with E-state index >= 15 is 0 Å². The van der Waals surface area contributed by atoms with Gasteiger partial charge < -0.3 is 20.0 Å². The molecule has 1 aliphatic heterocycles. The van der Waals surface area contributed by atoms with Gasteiger partial charge in [-0.25, -0.2) is 9.97 Å². The summed E-state index contributed by atoms with van der Waals surface area (Å²) in [5, 5.41) is 5.54. The molecule has 6 heteroatoms. The van der Waals surface area contributed by atoms with Gasteiger partial charge in [-0.2, -0.15) is 0 Å². The van der Waals surface area contributed by atoms with E-state index in [4.69, 9.17) is 10.2 Å². The molecule has 5 rings (SSSR count). The van der Waals surface area contributed by atoms with E-state index in [0.717, 1.165) is 46.4 Å². The Bertz CT molecular complexity index is 1040. The van der Waals surface area contributed by atoms with Crippen LogP contribution < -0.4 is 11.1 Å². The van der Waals surface area contributed by atoms with Crippen molar-refractivity contribution in [2.24, 2.45) is 0 Å². The predicted molar refractivity (Wildman–Crippen MR) is 103 cm³/mol. The number of hydrogen-bond acceptors (Lipinski definition) is 5. The van der Waals surface area contributed by atoms with Gasteiger partial charge in [-0.05, 0) is 31.5 Å². The number of piperidine rings is 1. The van der Waals surface area contributed by atoms with E-state index in [-0.39, 0.29) is 0 Å². The van der Waals surface area contributed by atoms with Crippen LogP contribution >= 0.6 is 0 Å². The zero-order valence-corrected chi connectivity index (χ0v) is 14.5. The first-order valence-corrected chi connectivity index (χ1v) is 9.11. The van der Waals surface area contributed by atoms with Crippen molar-refractivity contribution in [1.29, 1.82) is 0 Å². The van der Waals surface area contributed by atoms with Crippen LogP contribution in [-0.2, 0) is 6.54 Å². The lowest BCUT2D eigenvalue weighted by Crippen LogP contribution is -2.37. The molecule has 0 bridgehead atoms. The number of hydrogen-bond donors (Lipinski definition) is 2. The molecule has 4 aromatic rings. The van der Waals surface area contributed by atoms with E-state index in [1.54, 1.807) is 0 Å². The maximum absolute atomic E-state index is 6.21. The Labute approximate surface area is 151 Å². The van der Waals surface area contributed by atoms with Crippen LogP contribution in [0.3, 0.4) is 0 Å². The summed E-state index contributed by atoms with van der Waals surface area (Å²) in [7, 11) is 0. The Morgan fingerprint density at radius 1 is 1.23 bits per heavy atom. The molecule has 0 aliphatic carbocycles. The van der Waals surface area contributed by atoms with Crippen LogP contribution in [0.15, 0.2) is 47.3 Å². The summed E-state index contributed by atoms with van der Waals surface area (Å²) in [5.41, 5.74) is 8.89. The molecule has 4 heterocycles. The van der Waals surface area contributed by atoms with Gasteiger partial charge in [-0.3, -0.25) is 0 Å². The van der Waals surface area contributed by atoms with Gasteiger partial charge in [-0.15, -0.1) is 0 Å². The normalized spacial score (nSPS) is 17.9. The van der Waals surface area contributed by atoms with Gasteiger partial charge in [0, 0.05) is 29.7 Å². The Kier molecular flexibility index (Phi) is 3.64. The van der Waals surface area contributed by atoms with Crippen LogP contribution in [0.5, 0.6) is 0 Å². The second-order valence-corrected chi connectivity index (χ2v) is 6.95. The molecule has 1 fully saturated rings. The van der Waals surface area contributed by atoms with E-state index in [2.05, 4.69) is 32.1 Å². The van der Waals surface area contributed by atoms with Crippen LogP contribution in [-0.4, -0.2) is 27.1 Å². The summed E-state index contributed by atoms with van der Waals surface area (Å²) >= 11 is 0. The topological polar surface area (TPSA) is 81.9 Å². The molecule has 1 saturated heterocycles. The van der Waals surface area contributed by atoms with Crippen molar-refractivity contribution in [1.82, 2.24) is 19.9 Å². The second kappa shape index (κ2) is 6.14. The highest BCUT2D eigenvalue weighted by Crippen LogP contribution is 2.36. The largest absolute Gasteiger partial charge is 0.456 e. The molecule has 1 aliphatic rings. The molecule has 1 aromatic carbocycles. The molecule has 0 radical (unpaired) electrons. The van der Waals surface area contributed by atoms with E-state index in [1.165, 1.54) is 25.6 Å². The van der Waals surface area contributed by atoms with Crippen molar-refractivity contribution in [2.75, 3.05) is 12.3 Å². The number of nitrogens with zero attached hydrogens (tertiary/aromatic N) is 3. The number of nitrogens with two attached hydrogens (primary N) is 1. The van der Waals surface area contributed by atoms with Crippen LogP contribution in [0.4, 0.5) is 5.82 Å². The average molecular weight is 347 g/mol. The molecule has 0 amide bonds. The first-order valence-electron chi connectivity index (χ1n) is 9.11. The van der Waals surface area contributed by atoms with Gasteiger partial charge >= 0.3 is 0 Å². The molecule has 3 N–H and O–H groups in total. The van der Waals surface area contributed by atoms with Crippen molar-refractivity contribution in [3.63, 3.8) is 0 Å². The minimum Gasteiger partial charge on any atom is -0.456 e. The highest BCUT2D eigenvalue weighted by Gasteiger charge is 2.20. The summed E-state index contributed by atoms with van der Waals surface area (Å²) in [6.45, 7) is 1.95. The van der Waals surface area contributed by atoms with Crippen molar-refractivity contribution in [3.8, 4) is 11.3 Å². The zero-order valence-electron chi connectivity index (χ0n) is 14.5. The van der Waals surface area contributed by atoms with E-state index in [9.17, 15) is 0 Å². The van der Waals surface area contributed by atoms with Crippen LogP contribution in [0, 0.1) is 0 Å². The van der Waals surface area contributed by atoms with Gasteiger partial charge in [0.05, 0.1) is 5.39 Å². The maximum atomic E-state index is 6.21. The number of benzene rings is 1. The lowest BCUT2D eigenvalue weighted by molar-refractivity contribution is 0.366. The van der Waals surface area contributed by atoms with Gasteiger partial charge in [0.2, 0.25) is 0 Å². The monoisotopic (exact) mass is 347 g/mol. The van der Waals surface area contributed by atoms with E-state index < -0.39 is 0 Å². The van der Waals surface area contributed by atoms with Crippen molar-refractivity contribution in [3.05, 3.63) is 42.9 Å². The Balaban J connectivity index is 1.64. The maximum Gasteiger partial charge on any atom is 0.146 e. The van der Waals surface area contributed by atoms with Crippen LogP contribution in [0.2, 0.25) is 0 Å². The second-order valence-electron chi connectivity index (χ2n) is 6.95. The summed E-state index contributed by atoms with van der Waals surface area (Å²) < 4.78 is 8.26. The van der Waals surface area contributed by atoms with Gasteiger partial charge in [0.25, 0.3) is 0 Å². The number of rotatable bonds is 3. The SMILES string of the molecule is Nc1ncnc2c1c(-c1cc3ccccc3o1)cn2C[C@@H]1CCCCN1. The molecule has 0 spiro atoms. The predicted octanol–water partition coefficient (Wildman–Crippen LogP) is 3.57. The molecular formula is C20H21N5O. The third-order valence-electron chi connectivity index (χ3n) is 5.20. The third-order valence-corrected chi connectivity index (χ3v) is 5.20. The first-order chi connectivity index (χ1) is 12.8. The summed E-state index contributed by atoms with van der Waals surface area (Å²) in [5.74, 6) is 1.29. The number of furan rings is 1. The highest BCUT2D eigenvalue weighted by atomic mass is 16.3. The Hall–Kier alpha value is -2.86. The molecule has 132 valence electrons. The average Bonchev–Trinajstić information content (AvgIpc) is 3.25. The number of anilines is 1. The molecule has 26 heavy (non-hydrogen) atoms. The minimum atomic E-state index is 0.457.